The van der Waals surface area contributed by atoms with E-state index < -0.39 is 15.6 Å². The predicted molar refractivity (Wildman–Crippen MR) is 83.6 cm³/mol. The highest BCUT2D eigenvalue weighted by Gasteiger charge is 2.38. The summed E-state index contributed by atoms with van der Waals surface area (Å²) in [7, 11) is -3.34. The molecule has 6 heteroatoms. The van der Waals surface area contributed by atoms with Crippen molar-refractivity contribution in [1.82, 2.24) is 4.72 Å². The third-order valence-corrected chi connectivity index (χ3v) is 5.48. The Morgan fingerprint density at radius 3 is 2.21 bits per heavy atom. The molecule has 0 spiro atoms. The molecule has 0 unspecified atom stereocenters. The zero-order valence-corrected chi connectivity index (χ0v) is 13.8. The number of nitrogens with one attached hydrogen (secondary N) is 1. The smallest absolute Gasteiger partial charge is 0.212 e. The summed E-state index contributed by atoms with van der Waals surface area (Å²) in [6, 6.07) is 0. The number of thiocarbonyl (C=S) groups is 1. The highest BCUT2D eigenvalue weighted by Crippen LogP contribution is 2.30. The highest BCUT2D eigenvalue weighted by atomic mass is 32.2. The molecule has 0 atom stereocenters. The first-order chi connectivity index (χ1) is 8.56. The molecule has 0 aromatic rings. The van der Waals surface area contributed by atoms with Crippen molar-refractivity contribution in [3.05, 3.63) is 0 Å². The number of hydrogen-bond acceptors (Lipinski definition) is 3. The molecule has 0 aliphatic heterocycles. The second kappa shape index (κ2) is 6.06. The van der Waals surface area contributed by atoms with Gasteiger partial charge < -0.3 is 5.73 Å². The Morgan fingerprint density at radius 2 is 1.79 bits per heavy atom. The van der Waals surface area contributed by atoms with Crippen LogP contribution in [-0.2, 0) is 10.0 Å². The molecular weight excluding hydrogens is 280 g/mol. The zero-order valence-electron chi connectivity index (χ0n) is 12.2. The molecule has 4 nitrogen and oxygen atoms in total. The van der Waals surface area contributed by atoms with Gasteiger partial charge in [-0.25, -0.2) is 13.1 Å². The van der Waals surface area contributed by atoms with Crippen LogP contribution >= 0.6 is 12.2 Å². The van der Waals surface area contributed by atoms with E-state index in [1.165, 1.54) is 0 Å². The van der Waals surface area contributed by atoms with Crippen LogP contribution in [0.15, 0.2) is 0 Å². The molecule has 0 heterocycles. The van der Waals surface area contributed by atoms with Crippen molar-refractivity contribution < 1.29 is 8.42 Å². The van der Waals surface area contributed by atoms with Crippen LogP contribution in [0.5, 0.6) is 0 Å². The summed E-state index contributed by atoms with van der Waals surface area (Å²) in [5.74, 6) is 0.126. The van der Waals surface area contributed by atoms with Crippen LogP contribution in [0.3, 0.4) is 0 Å². The molecule has 0 amide bonds. The largest absolute Gasteiger partial charge is 0.392 e. The Labute approximate surface area is 122 Å². The van der Waals surface area contributed by atoms with Gasteiger partial charge in [0.05, 0.1) is 16.3 Å². The van der Waals surface area contributed by atoms with E-state index in [2.05, 4.69) is 4.72 Å². The molecule has 1 saturated carbocycles. The van der Waals surface area contributed by atoms with Gasteiger partial charge in [0.1, 0.15) is 0 Å². The lowest BCUT2D eigenvalue weighted by atomic mass is 9.82. The van der Waals surface area contributed by atoms with Gasteiger partial charge in [0.2, 0.25) is 10.0 Å². The van der Waals surface area contributed by atoms with Crippen LogP contribution in [0, 0.1) is 5.41 Å². The Bertz CT molecular complexity index is 418. The standard InChI is InChI=1S/C13H26N2O2S2/c1-12(2,3)9-10-19(16,17)15-13(11(14)18)7-5-4-6-8-13/h15H,4-10H2,1-3H3,(H2,14,18). The second-order valence-corrected chi connectivity index (χ2v) is 9.02. The van der Waals surface area contributed by atoms with Crippen LogP contribution in [0.2, 0.25) is 0 Å². The molecule has 0 aromatic carbocycles. The van der Waals surface area contributed by atoms with E-state index in [4.69, 9.17) is 18.0 Å². The van der Waals surface area contributed by atoms with Gasteiger partial charge in [0, 0.05) is 0 Å². The molecule has 0 saturated heterocycles. The molecule has 1 fully saturated rings. The van der Waals surface area contributed by atoms with Crippen molar-refractivity contribution in [3.63, 3.8) is 0 Å². The van der Waals surface area contributed by atoms with Gasteiger partial charge in [-0.1, -0.05) is 52.3 Å². The molecule has 0 bridgehead atoms. The summed E-state index contributed by atoms with van der Waals surface area (Å²) < 4.78 is 27.2. The van der Waals surface area contributed by atoms with Gasteiger partial charge in [-0.05, 0) is 24.7 Å². The first kappa shape index (κ1) is 16.9. The minimum Gasteiger partial charge on any atom is -0.392 e. The molecule has 0 aromatic heterocycles. The summed E-state index contributed by atoms with van der Waals surface area (Å²) in [4.78, 5) is 0.284. The van der Waals surface area contributed by atoms with E-state index in [0.717, 1.165) is 32.1 Å². The monoisotopic (exact) mass is 306 g/mol. The van der Waals surface area contributed by atoms with E-state index in [1.54, 1.807) is 0 Å². The van der Waals surface area contributed by atoms with Crippen molar-refractivity contribution in [3.8, 4) is 0 Å². The van der Waals surface area contributed by atoms with Crippen molar-refractivity contribution >= 4 is 27.2 Å². The molecule has 3 N–H and O–H groups in total. The normalized spacial score (nSPS) is 20.2. The summed E-state index contributed by atoms with van der Waals surface area (Å²) >= 11 is 5.10. The summed E-state index contributed by atoms with van der Waals surface area (Å²) in [6.45, 7) is 6.10. The minimum atomic E-state index is -3.34. The Kier molecular flexibility index (Phi) is 5.37. The molecule has 1 rings (SSSR count). The number of rotatable bonds is 5. The fourth-order valence-electron chi connectivity index (χ4n) is 2.34. The number of hydrogen-bond donors (Lipinski definition) is 2. The molecule has 19 heavy (non-hydrogen) atoms. The van der Waals surface area contributed by atoms with E-state index in [0.29, 0.717) is 6.42 Å². The SMILES string of the molecule is CC(C)(C)CCS(=O)(=O)NC1(C(N)=S)CCCCC1. The third-order valence-electron chi connectivity index (χ3n) is 3.65. The van der Waals surface area contributed by atoms with E-state index in [9.17, 15) is 8.42 Å². The maximum atomic E-state index is 12.2. The lowest BCUT2D eigenvalue weighted by Crippen LogP contribution is -2.58. The van der Waals surface area contributed by atoms with Crippen LogP contribution in [-0.4, -0.2) is 24.7 Å². The maximum Gasteiger partial charge on any atom is 0.212 e. The summed E-state index contributed by atoms with van der Waals surface area (Å²) in [5.41, 5.74) is 5.10. The van der Waals surface area contributed by atoms with Gasteiger partial charge in [0.15, 0.2) is 0 Å². The lowest BCUT2D eigenvalue weighted by Gasteiger charge is -2.37. The van der Waals surface area contributed by atoms with Crippen LogP contribution in [0.1, 0.15) is 59.3 Å². The van der Waals surface area contributed by atoms with Crippen molar-refractivity contribution in [2.45, 2.75) is 64.8 Å². The van der Waals surface area contributed by atoms with E-state index in [-0.39, 0.29) is 16.2 Å². The Morgan fingerprint density at radius 1 is 1.26 bits per heavy atom. The van der Waals surface area contributed by atoms with Gasteiger partial charge in [0.25, 0.3) is 0 Å². The Hall–Kier alpha value is -0.200. The fourth-order valence-corrected chi connectivity index (χ4v) is 4.56. The first-order valence-electron chi connectivity index (χ1n) is 6.88. The minimum absolute atomic E-state index is 0.00228. The van der Waals surface area contributed by atoms with Crippen LogP contribution < -0.4 is 10.5 Å². The zero-order chi connectivity index (χ0) is 14.7. The van der Waals surface area contributed by atoms with Gasteiger partial charge in [-0.2, -0.15) is 0 Å². The lowest BCUT2D eigenvalue weighted by molar-refractivity contribution is 0.350. The van der Waals surface area contributed by atoms with Crippen molar-refractivity contribution in [2.75, 3.05) is 5.75 Å². The number of sulfonamides is 1. The van der Waals surface area contributed by atoms with E-state index in [1.807, 2.05) is 20.8 Å². The summed E-state index contributed by atoms with van der Waals surface area (Å²) in [6.07, 6.45) is 5.12. The Balaban J connectivity index is 2.76. The van der Waals surface area contributed by atoms with Gasteiger partial charge in [-0.3, -0.25) is 0 Å². The molecule has 1 aliphatic carbocycles. The molecular formula is C13H26N2O2S2. The molecule has 1 aliphatic rings. The topological polar surface area (TPSA) is 72.2 Å². The van der Waals surface area contributed by atoms with Crippen LogP contribution in [0.25, 0.3) is 0 Å². The van der Waals surface area contributed by atoms with Crippen molar-refractivity contribution in [2.24, 2.45) is 11.1 Å². The van der Waals surface area contributed by atoms with Crippen LogP contribution in [0.4, 0.5) is 0 Å². The molecule has 112 valence electrons. The maximum absolute atomic E-state index is 12.2. The predicted octanol–water partition coefficient (Wildman–Crippen LogP) is 2.33. The summed E-state index contributed by atoms with van der Waals surface area (Å²) in [5, 5.41) is 0. The molecule has 0 radical (unpaired) electrons. The average molecular weight is 306 g/mol. The second-order valence-electron chi connectivity index (χ2n) is 6.74. The number of nitrogens with two attached hydrogens (primary N) is 1. The van der Waals surface area contributed by atoms with Gasteiger partial charge >= 0.3 is 0 Å². The third kappa shape index (κ3) is 5.36. The quantitative estimate of drug-likeness (QED) is 0.765. The average Bonchev–Trinajstić information content (AvgIpc) is 2.26. The highest BCUT2D eigenvalue weighted by molar-refractivity contribution is 7.89. The van der Waals surface area contributed by atoms with E-state index >= 15 is 0 Å². The fraction of sp³-hybridized carbons (Fsp3) is 0.923. The van der Waals surface area contributed by atoms with Gasteiger partial charge in [-0.15, -0.1) is 0 Å². The first-order valence-corrected chi connectivity index (χ1v) is 8.94. The van der Waals surface area contributed by atoms with Crippen molar-refractivity contribution in [1.29, 1.82) is 0 Å².